The average molecular weight is 344 g/mol. The molecule has 1 aliphatic rings. The van der Waals surface area contributed by atoms with Crippen LogP contribution >= 0.6 is 11.3 Å². The molecule has 0 bridgehead atoms. The highest BCUT2D eigenvalue weighted by Gasteiger charge is 2.21. The minimum absolute atomic E-state index is 0.151. The number of guanidine groups is 1. The molecule has 3 rings (SSSR count). The van der Waals surface area contributed by atoms with Gasteiger partial charge in [0, 0.05) is 16.9 Å². The molecule has 1 aliphatic heterocycles. The summed E-state index contributed by atoms with van der Waals surface area (Å²) < 4.78 is 5.69. The third-order valence-corrected chi connectivity index (χ3v) is 5.18. The van der Waals surface area contributed by atoms with E-state index in [-0.39, 0.29) is 12.1 Å². The number of para-hydroxylation sites is 1. The van der Waals surface area contributed by atoms with Gasteiger partial charge in [-0.2, -0.15) is 0 Å². The maximum absolute atomic E-state index is 6.15. The highest BCUT2D eigenvalue weighted by atomic mass is 32.1. The van der Waals surface area contributed by atoms with Crippen molar-refractivity contribution in [2.45, 2.75) is 18.5 Å². The Kier molecular flexibility index (Phi) is 5.37. The molecule has 1 aromatic heterocycles. The Balaban J connectivity index is 1.66. The maximum atomic E-state index is 6.15. The first-order valence-electron chi connectivity index (χ1n) is 8.13. The summed E-state index contributed by atoms with van der Waals surface area (Å²) in [6.45, 7) is 1.33. The minimum Gasteiger partial charge on any atom is -0.493 e. The first kappa shape index (κ1) is 16.8. The van der Waals surface area contributed by atoms with E-state index in [9.17, 15) is 0 Å². The zero-order valence-corrected chi connectivity index (χ0v) is 14.9. The van der Waals surface area contributed by atoms with Crippen LogP contribution in [0.5, 0.6) is 5.75 Å². The summed E-state index contributed by atoms with van der Waals surface area (Å²) in [6, 6.07) is 12.7. The van der Waals surface area contributed by atoms with E-state index in [0.29, 0.717) is 19.1 Å². The zero-order chi connectivity index (χ0) is 16.9. The van der Waals surface area contributed by atoms with Gasteiger partial charge in [0.05, 0.1) is 25.2 Å². The Hall–Kier alpha value is -2.05. The van der Waals surface area contributed by atoms with Crippen molar-refractivity contribution in [3.63, 3.8) is 0 Å². The van der Waals surface area contributed by atoms with Crippen molar-refractivity contribution in [2.24, 2.45) is 10.7 Å². The number of benzene rings is 1. The normalized spacial score (nSPS) is 18.8. The monoisotopic (exact) mass is 344 g/mol. The molecule has 5 nitrogen and oxygen atoms in total. The molecule has 0 radical (unpaired) electrons. The summed E-state index contributed by atoms with van der Waals surface area (Å²) in [5.41, 5.74) is 7.29. The van der Waals surface area contributed by atoms with Gasteiger partial charge in [-0.25, -0.2) is 0 Å². The van der Waals surface area contributed by atoms with Crippen molar-refractivity contribution in [2.75, 3.05) is 27.2 Å². The lowest BCUT2D eigenvalue weighted by molar-refractivity contribution is 0.262. The second-order valence-corrected chi connectivity index (χ2v) is 7.07. The van der Waals surface area contributed by atoms with Crippen LogP contribution < -0.4 is 15.8 Å². The van der Waals surface area contributed by atoms with Gasteiger partial charge in [-0.1, -0.05) is 24.3 Å². The van der Waals surface area contributed by atoms with Gasteiger partial charge in [0.1, 0.15) is 5.75 Å². The van der Waals surface area contributed by atoms with E-state index in [4.69, 9.17) is 10.5 Å². The van der Waals surface area contributed by atoms with Crippen molar-refractivity contribution >= 4 is 17.3 Å². The number of likely N-dealkylation sites (N-methyl/N-ethyl adjacent to an activating group) is 1. The lowest BCUT2D eigenvalue weighted by atomic mass is 10.0. The summed E-state index contributed by atoms with van der Waals surface area (Å²) in [7, 11) is 4.14. The molecule has 6 heteroatoms. The number of nitrogens with one attached hydrogen (secondary N) is 1. The Labute approximate surface area is 147 Å². The predicted molar refractivity (Wildman–Crippen MR) is 99.7 cm³/mol. The molecule has 128 valence electrons. The fourth-order valence-corrected chi connectivity index (χ4v) is 3.80. The highest BCUT2D eigenvalue weighted by molar-refractivity contribution is 7.10. The lowest BCUT2D eigenvalue weighted by Gasteiger charge is -2.27. The van der Waals surface area contributed by atoms with Gasteiger partial charge in [-0.15, -0.1) is 11.3 Å². The SMILES string of the molecule is CN(C)C(CN=C(N)NC1CCOc2ccccc21)c1cccs1. The van der Waals surface area contributed by atoms with Gasteiger partial charge in [-0.05, 0) is 31.6 Å². The third kappa shape index (κ3) is 3.88. The molecule has 3 N–H and O–H groups in total. The summed E-state index contributed by atoms with van der Waals surface area (Å²) in [4.78, 5) is 8.05. The van der Waals surface area contributed by atoms with Crippen LogP contribution in [0, 0.1) is 0 Å². The molecule has 1 aromatic carbocycles. The van der Waals surface area contributed by atoms with E-state index in [1.807, 2.05) is 18.2 Å². The van der Waals surface area contributed by atoms with E-state index in [1.165, 1.54) is 4.88 Å². The average Bonchev–Trinajstić information content (AvgIpc) is 3.09. The number of nitrogens with two attached hydrogens (primary N) is 1. The van der Waals surface area contributed by atoms with E-state index in [2.05, 4.69) is 52.9 Å². The van der Waals surface area contributed by atoms with Crippen LogP contribution in [0.15, 0.2) is 46.8 Å². The quantitative estimate of drug-likeness (QED) is 0.647. The largest absolute Gasteiger partial charge is 0.493 e. The van der Waals surface area contributed by atoms with Crippen LogP contribution in [-0.2, 0) is 0 Å². The summed E-state index contributed by atoms with van der Waals surface area (Å²) in [6.07, 6.45) is 0.884. The van der Waals surface area contributed by atoms with Gasteiger partial charge < -0.3 is 20.7 Å². The molecule has 24 heavy (non-hydrogen) atoms. The molecule has 0 amide bonds. The van der Waals surface area contributed by atoms with Gasteiger partial charge in [0.25, 0.3) is 0 Å². The van der Waals surface area contributed by atoms with Crippen LogP contribution in [0.1, 0.15) is 28.9 Å². The number of nitrogens with zero attached hydrogens (tertiary/aromatic N) is 2. The number of ether oxygens (including phenoxy) is 1. The van der Waals surface area contributed by atoms with Gasteiger partial charge in [0.2, 0.25) is 0 Å². The Morgan fingerprint density at radius 3 is 2.96 bits per heavy atom. The summed E-state index contributed by atoms with van der Waals surface area (Å²) >= 11 is 1.75. The number of fused-ring (bicyclic) bond motifs is 1. The van der Waals surface area contributed by atoms with Crippen molar-refractivity contribution in [3.8, 4) is 5.75 Å². The molecule has 0 saturated carbocycles. The van der Waals surface area contributed by atoms with Gasteiger partial charge >= 0.3 is 0 Å². The molecule has 0 spiro atoms. The molecule has 2 unspecified atom stereocenters. The molecule has 2 heterocycles. The van der Waals surface area contributed by atoms with Crippen LogP contribution in [0.2, 0.25) is 0 Å². The third-order valence-electron chi connectivity index (χ3n) is 4.21. The fraction of sp³-hybridized carbons (Fsp3) is 0.389. The van der Waals surface area contributed by atoms with E-state index in [1.54, 1.807) is 11.3 Å². The number of hydrogen-bond donors (Lipinski definition) is 2. The topological polar surface area (TPSA) is 62.9 Å². The van der Waals surface area contributed by atoms with E-state index >= 15 is 0 Å². The molecule has 0 fully saturated rings. The maximum Gasteiger partial charge on any atom is 0.189 e. The first-order chi connectivity index (χ1) is 11.6. The molecular weight excluding hydrogens is 320 g/mol. The van der Waals surface area contributed by atoms with Crippen molar-refractivity contribution in [3.05, 3.63) is 52.2 Å². The highest BCUT2D eigenvalue weighted by Crippen LogP contribution is 2.31. The fourth-order valence-electron chi connectivity index (χ4n) is 2.89. The van der Waals surface area contributed by atoms with Gasteiger partial charge in [-0.3, -0.25) is 4.99 Å². The lowest BCUT2D eigenvalue weighted by Crippen LogP contribution is -2.38. The predicted octanol–water partition coefficient (Wildman–Crippen LogP) is 2.78. The van der Waals surface area contributed by atoms with E-state index in [0.717, 1.165) is 17.7 Å². The number of aliphatic imine (C=N–C) groups is 1. The van der Waals surface area contributed by atoms with Crippen molar-refractivity contribution < 1.29 is 4.74 Å². The minimum atomic E-state index is 0.151. The number of thiophene rings is 1. The second kappa shape index (κ2) is 7.68. The Morgan fingerprint density at radius 2 is 2.21 bits per heavy atom. The Morgan fingerprint density at radius 1 is 1.38 bits per heavy atom. The van der Waals surface area contributed by atoms with E-state index < -0.39 is 0 Å². The van der Waals surface area contributed by atoms with Crippen molar-refractivity contribution in [1.29, 1.82) is 0 Å². The van der Waals surface area contributed by atoms with Crippen LogP contribution in [0.4, 0.5) is 0 Å². The van der Waals surface area contributed by atoms with Crippen molar-refractivity contribution in [1.82, 2.24) is 10.2 Å². The molecule has 2 aromatic rings. The molecule has 2 atom stereocenters. The standard InChI is InChI=1S/C18H24N4OS/c1-22(2)15(17-8-5-11-24-17)12-20-18(19)21-14-9-10-23-16-7-4-3-6-13(14)16/h3-8,11,14-15H,9-10,12H2,1-2H3,(H3,19,20,21). The van der Waals surface area contributed by atoms with Gasteiger partial charge in [0.15, 0.2) is 5.96 Å². The smallest absolute Gasteiger partial charge is 0.189 e. The van der Waals surface area contributed by atoms with Crippen LogP contribution in [0.25, 0.3) is 0 Å². The molecule has 0 aliphatic carbocycles. The van der Waals surface area contributed by atoms with Crippen LogP contribution in [0.3, 0.4) is 0 Å². The summed E-state index contributed by atoms with van der Waals surface area (Å²) in [5.74, 6) is 1.42. The Bertz CT molecular complexity index is 684. The summed E-state index contributed by atoms with van der Waals surface area (Å²) in [5, 5.41) is 5.44. The first-order valence-corrected chi connectivity index (χ1v) is 9.01. The molecule has 0 saturated heterocycles. The number of hydrogen-bond acceptors (Lipinski definition) is 4. The van der Waals surface area contributed by atoms with Crippen LogP contribution in [-0.4, -0.2) is 38.1 Å². The number of rotatable bonds is 5. The molecular formula is C18H24N4OS. The zero-order valence-electron chi connectivity index (χ0n) is 14.1. The second-order valence-electron chi connectivity index (χ2n) is 6.09.